The van der Waals surface area contributed by atoms with Crippen LogP contribution in [0, 0.1) is 0 Å². The maximum absolute atomic E-state index is 12.3. The number of hydrogen-bond acceptors (Lipinski definition) is 5. The first kappa shape index (κ1) is 19.6. The predicted molar refractivity (Wildman–Crippen MR) is 117 cm³/mol. The van der Waals surface area contributed by atoms with Crippen LogP contribution >= 0.6 is 0 Å². The largest absolute Gasteiger partial charge is 0.484 e. The smallest absolute Gasteiger partial charge is 0.262 e. The number of nitrogens with zero attached hydrogens (tertiary/aromatic N) is 2. The number of hydrogen-bond donors (Lipinski definition) is 1. The molecule has 0 aliphatic rings. The first-order valence-corrected chi connectivity index (χ1v) is 9.96. The molecule has 0 unspecified atom stereocenters. The van der Waals surface area contributed by atoms with E-state index in [0.29, 0.717) is 34.3 Å². The normalized spacial score (nSPS) is 11.9. The summed E-state index contributed by atoms with van der Waals surface area (Å²) in [6.45, 7) is 4.28. The summed E-state index contributed by atoms with van der Waals surface area (Å²) >= 11 is 0. The highest BCUT2D eigenvalue weighted by Crippen LogP contribution is 2.26. The van der Waals surface area contributed by atoms with Gasteiger partial charge in [-0.05, 0) is 60.4 Å². The molecule has 1 N–H and O–H groups in total. The summed E-state index contributed by atoms with van der Waals surface area (Å²) < 4.78 is 11.4. The van der Waals surface area contributed by atoms with Gasteiger partial charge < -0.3 is 14.5 Å². The van der Waals surface area contributed by atoms with Crippen molar-refractivity contribution in [3.63, 3.8) is 0 Å². The van der Waals surface area contributed by atoms with Crippen molar-refractivity contribution in [2.75, 3.05) is 11.9 Å². The number of pyridine rings is 1. The van der Waals surface area contributed by atoms with E-state index in [4.69, 9.17) is 9.15 Å². The number of fused-ring (bicyclic) bond motifs is 1. The van der Waals surface area contributed by atoms with Gasteiger partial charge in [0.25, 0.3) is 5.91 Å². The Hall–Kier alpha value is -3.67. The lowest BCUT2D eigenvalue weighted by molar-refractivity contribution is -0.118. The van der Waals surface area contributed by atoms with Gasteiger partial charge in [0, 0.05) is 18.1 Å². The Labute approximate surface area is 174 Å². The van der Waals surface area contributed by atoms with Gasteiger partial charge in [0.15, 0.2) is 12.2 Å². The molecule has 6 nitrogen and oxygen atoms in total. The van der Waals surface area contributed by atoms with E-state index in [1.165, 1.54) is 5.56 Å². The number of carbonyl (C=O) groups is 1. The summed E-state index contributed by atoms with van der Waals surface area (Å²) in [5.41, 5.74) is 4.00. The second-order valence-corrected chi connectivity index (χ2v) is 7.16. The summed E-state index contributed by atoms with van der Waals surface area (Å²) in [5, 5.41) is 2.83. The molecule has 2 heterocycles. The molecule has 0 radical (unpaired) electrons. The van der Waals surface area contributed by atoms with Crippen molar-refractivity contribution < 1.29 is 13.9 Å². The molecular weight excluding hydrogens is 378 g/mol. The zero-order chi connectivity index (χ0) is 20.9. The van der Waals surface area contributed by atoms with Crippen LogP contribution in [0.15, 0.2) is 71.4 Å². The van der Waals surface area contributed by atoms with Crippen molar-refractivity contribution >= 4 is 22.7 Å². The van der Waals surface area contributed by atoms with Crippen LogP contribution in [0.4, 0.5) is 5.69 Å². The first-order chi connectivity index (χ1) is 14.6. The molecule has 0 aliphatic heterocycles. The minimum atomic E-state index is -0.240. The molecule has 0 spiro atoms. The Morgan fingerprint density at radius 1 is 1.17 bits per heavy atom. The van der Waals surface area contributed by atoms with Gasteiger partial charge in [-0.1, -0.05) is 26.0 Å². The third-order valence-electron chi connectivity index (χ3n) is 5.01. The molecule has 0 aliphatic carbocycles. The van der Waals surface area contributed by atoms with Crippen molar-refractivity contribution in [1.82, 2.24) is 9.97 Å². The van der Waals surface area contributed by atoms with E-state index in [9.17, 15) is 4.79 Å². The summed E-state index contributed by atoms with van der Waals surface area (Å²) in [4.78, 5) is 20.8. The number of rotatable bonds is 7. The molecule has 2 aromatic carbocycles. The fourth-order valence-corrected chi connectivity index (χ4v) is 3.09. The number of amides is 1. The van der Waals surface area contributed by atoms with Gasteiger partial charge in [-0.2, -0.15) is 0 Å². The van der Waals surface area contributed by atoms with Gasteiger partial charge in [0.1, 0.15) is 11.3 Å². The zero-order valence-electron chi connectivity index (χ0n) is 17.0. The maximum atomic E-state index is 12.3. The SMILES string of the molecule is CC[C@H](C)c1ccc(OCC(=O)Nc2ccc3oc(-c4cccnc4)nc3c2)cc1. The number of carbonyl (C=O) groups excluding carboxylic acids is 1. The van der Waals surface area contributed by atoms with Crippen LogP contribution in [-0.4, -0.2) is 22.5 Å². The number of aromatic nitrogens is 2. The fourth-order valence-electron chi connectivity index (χ4n) is 3.09. The summed E-state index contributed by atoms with van der Waals surface area (Å²) in [5.74, 6) is 1.43. The van der Waals surface area contributed by atoms with E-state index in [2.05, 4.69) is 29.1 Å². The highest BCUT2D eigenvalue weighted by molar-refractivity contribution is 5.94. The third kappa shape index (κ3) is 4.49. The van der Waals surface area contributed by atoms with Crippen LogP contribution < -0.4 is 10.1 Å². The number of ether oxygens (including phenoxy) is 1. The number of anilines is 1. The molecule has 0 fully saturated rings. The van der Waals surface area contributed by atoms with E-state index in [1.807, 2.05) is 36.4 Å². The molecule has 152 valence electrons. The fraction of sp³-hybridized carbons (Fsp3) is 0.208. The van der Waals surface area contributed by atoms with E-state index < -0.39 is 0 Å². The van der Waals surface area contributed by atoms with Crippen LogP contribution in [0.1, 0.15) is 31.7 Å². The van der Waals surface area contributed by atoms with E-state index in [1.54, 1.807) is 30.6 Å². The monoisotopic (exact) mass is 401 g/mol. The zero-order valence-corrected chi connectivity index (χ0v) is 17.0. The Morgan fingerprint density at radius 3 is 2.73 bits per heavy atom. The van der Waals surface area contributed by atoms with Crippen molar-refractivity contribution in [2.24, 2.45) is 0 Å². The van der Waals surface area contributed by atoms with Crippen LogP contribution in [0.25, 0.3) is 22.6 Å². The highest BCUT2D eigenvalue weighted by Gasteiger charge is 2.11. The van der Waals surface area contributed by atoms with Crippen LogP contribution in [0.2, 0.25) is 0 Å². The average Bonchev–Trinajstić information content (AvgIpc) is 3.21. The Kier molecular flexibility index (Phi) is 5.75. The quantitative estimate of drug-likeness (QED) is 0.447. The lowest BCUT2D eigenvalue weighted by atomic mass is 9.99. The molecular formula is C24H23N3O3. The topological polar surface area (TPSA) is 77.2 Å². The Morgan fingerprint density at radius 2 is 2.00 bits per heavy atom. The lowest BCUT2D eigenvalue weighted by Crippen LogP contribution is -2.20. The highest BCUT2D eigenvalue weighted by atomic mass is 16.5. The van der Waals surface area contributed by atoms with Gasteiger partial charge in [-0.25, -0.2) is 4.98 Å². The van der Waals surface area contributed by atoms with Gasteiger partial charge in [-0.15, -0.1) is 0 Å². The number of benzene rings is 2. The Balaban J connectivity index is 1.38. The molecule has 0 bridgehead atoms. The third-order valence-corrected chi connectivity index (χ3v) is 5.01. The minimum Gasteiger partial charge on any atom is -0.484 e. The molecule has 0 saturated heterocycles. The van der Waals surface area contributed by atoms with Crippen molar-refractivity contribution in [1.29, 1.82) is 0 Å². The summed E-state index contributed by atoms with van der Waals surface area (Å²) in [6, 6.07) is 16.9. The summed E-state index contributed by atoms with van der Waals surface area (Å²) in [7, 11) is 0. The molecule has 0 saturated carbocycles. The molecule has 6 heteroatoms. The lowest BCUT2D eigenvalue weighted by Gasteiger charge is -2.11. The number of nitrogens with one attached hydrogen (secondary N) is 1. The molecule has 1 atom stereocenters. The van der Waals surface area contributed by atoms with Gasteiger partial charge >= 0.3 is 0 Å². The van der Waals surface area contributed by atoms with Crippen LogP contribution in [0.5, 0.6) is 5.75 Å². The van der Waals surface area contributed by atoms with E-state index in [0.717, 1.165) is 12.0 Å². The van der Waals surface area contributed by atoms with Crippen molar-refractivity contribution in [3.8, 4) is 17.2 Å². The maximum Gasteiger partial charge on any atom is 0.262 e. The predicted octanol–water partition coefficient (Wildman–Crippen LogP) is 5.42. The molecule has 30 heavy (non-hydrogen) atoms. The van der Waals surface area contributed by atoms with Crippen LogP contribution in [0.3, 0.4) is 0 Å². The standard InChI is InChI=1S/C24H23N3O3/c1-3-16(2)17-6-9-20(10-7-17)29-15-23(28)26-19-8-11-22-21(13-19)27-24(30-22)18-5-4-12-25-14-18/h4-14,16H,3,15H2,1-2H3,(H,26,28)/t16-/m0/s1. The Bertz CT molecular complexity index is 1140. The molecule has 4 aromatic rings. The minimum absolute atomic E-state index is 0.0690. The van der Waals surface area contributed by atoms with E-state index in [-0.39, 0.29) is 12.5 Å². The van der Waals surface area contributed by atoms with Gasteiger partial charge in [0.2, 0.25) is 5.89 Å². The van der Waals surface area contributed by atoms with Crippen molar-refractivity contribution in [2.45, 2.75) is 26.2 Å². The molecule has 4 rings (SSSR count). The van der Waals surface area contributed by atoms with Crippen LogP contribution in [-0.2, 0) is 4.79 Å². The summed E-state index contributed by atoms with van der Waals surface area (Å²) in [6.07, 6.45) is 4.48. The van der Waals surface area contributed by atoms with Crippen molar-refractivity contribution in [3.05, 3.63) is 72.6 Å². The molecule has 1 amide bonds. The average molecular weight is 401 g/mol. The van der Waals surface area contributed by atoms with E-state index >= 15 is 0 Å². The second-order valence-electron chi connectivity index (χ2n) is 7.16. The first-order valence-electron chi connectivity index (χ1n) is 9.96. The number of oxazole rings is 1. The van der Waals surface area contributed by atoms with Gasteiger partial charge in [0.05, 0.1) is 5.56 Å². The van der Waals surface area contributed by atoms with Gasteiger partial charge in [-0.3, -0.25) is 9.78 Å². The molecule has 2 aromatic heterocycles. The second kappa shape index (κ2) is 8.78.